The van der Waals surface area contributed by atoms with Crippen LogP contribution in [0.1, 0.15) is 38.5 Å². The number of benzene rings is 7. The summed E-state index contributed by atoms with van der Waals surface area (Å²) in [5, 5.41) is 2.61. The number of Topliss-reactive ketones (excluding diaryl/α,β-unsaturated/α-hetero) is 1. The molecule has 0 saturated heterocycles. The fourth-order valence-electron chi connectivity index (χ4n) is 8.69. The Morgan fingerprint density at radius 1 is 0.458 bits per heavy atom. The highest BCUT2D eigenvalue weighted by Gasteiger charge is 2.36. The molecule has 1 unspecified atom stereocenters. The number of rotatable bonds is 2. The molecule has 3 aliphatic rings. The molecule has 48 heavy (non-hydrogen) atoms. The maximum atomic E-state index is 14.3. The minimum Gasteiger partial charge on any atom is -0.293 e. The fraction of sp³-hybridized carbons (Fsp3) is 0.0652. The van der Waals surface area contributed by atoms with E-state index in [4.69, 9.17) is 0 Å². The topological polar surface area (TPSA) is 17.1 Å². The highest BCUT2D eigenvalue weighted by Crippen LogP contribution is 2.51. The first-order valence-electron chi connectivity index (χ1n) is 16.8. The molecule has 1 heterocycles. The third-order valence-electron chi connectivity index (χ3n) is 11.0. The molecule has 0 radical (unpaired) electrons. The first-order chi connectivity index (χ1) is 23.7. The van der Waals surface area contributed by atoms with Crippen LogP contribution in [0.4, 0.5) is 0 Å². The van der Waals surface area contributed by atoms with Gasteiger partial charge in [-0.1, -0.05) is 97.1 Å². The van der Waals surface area contributed by atoms with Crippen molar-refractivity contribution < 1.29 is 4.79 Å². The van der Waals surface area contributed by atoms with Gasteiger partial charge in [0.05, 0.1) is 5.92 Å². The Hall–Kier alpha value is -5.57. The summed E-state index contributed by atoms with van der Waals surface area (Å²) in [6.07, 6.45) is 1.72. The zero-order chi connectivity index (χ0) is 31.5. The van der Waals surface area contributed by atoms with E-state index in [9.17, 15) is 4.79 Å². The van der Waals surface area contributed by atoms with E-state index in [1.54, 1.807) is 0 Å². The minimum absolute atomic E-state index is 0.186. The van der Waals surface area contributed by atoms with E-state index in [2.05, 4.69) is 127 Å². The number of carbonyl (C=O) groups is 1. The fourth-order valence-corrected chi connectivity index (χ4v) is 9.78. The van der Waals surface area contributed by atoms with Gasteiger partial charge in [0, 0.05) is 25.7 Å². The number of thiophene rings is 1. The van der Waals surface area contributed by atoms with Crippen LogP contribution in [0.2, 0.25) is 0 Å². The lowest BCUT2D eigenvalue weighted by Crippen LogP contribution is -2.18. The van der Waals surface area contributed by atoms with Gasteiger partial charge < -0.3 is 0 Å². The second kappa shape index (κ2) is 9.73. The third kappa shape index (κ3) is 3.69. The van der Waals surface area contributed by atoms with E-state index < -0.39 is 0 Å². The van der Waals surface area contributed by atoms with Gasteiger partial charge in [-0.15, -0.1) is 11.3 Å². The van der Waals surface area contributed by atoms with Crippen LogP contribution in [0.3, 0.4) is 0 Å². The third-order valence-corrected chi connectivity index (χ3v) is 12.2. The summed E-state index contributed by atoms with van der Waals surface area (Å²) in [6, 6.07) is 51.1. The number of hydrogen-bond donors (Lipinski definition) is 0. The van der Waals surface area contributed by atoms with Crippen molar-refractivity contribution in [3.63, 3.8) is 0 Å². The van der Waals surface area contributed by atoms with Crippen molar-refractivity contribution in [3.8, 4) is 55.6 Å². The molecule has 0 amide bonds. The van der Waals surface area contributed by atoms with Gasteiger partial charge in [-0.3, -0.25) is 4.79 Å². The quantitative estimate of drug-likeness (QED) is 0.186. The Morgan fingerprint density at radius 3 is 2.00 bits per heavy atom. The van der Waals surface area contributed by atoms with Gasteiger partial charge in [-0.2, -0.15) is 0 Å². The Balaban J connectivity index is 1.14. The molecule has 0 spiro atoms. The monoisotopic (exact) mass is 628 g/mol. The van der Waals surface area contributed by atoms with Gasteiger partial charge in [0.15, 0.2) is 5.78 Å². The molecule has 2 heteroatoms. The molecule has 224 valence electrons. The first kappa shape index (κ1) is 26.5. The van der Waals surface area contributed by atoms with E-state index in [-0.39, 0.29) is 11.7 Å². The molecule has 3 aliphatic carbocycles. The average Bonchev–Trinajstić information content (AvgIpc) is 3.68. The second-order valence-electron chi connectivity index (χ2n) is 13.5. The van der Waals surface area contributed by atoms with Crippen LogP contribution >= 0.6 is 11.3 Å². The van der Waals surface area contributed by atoms with Crippen LogP contribution in [-0.4, -0.2) is 5.78 Å². The maximum absolute atomic E-state index is 14.3. The van der Waals surface area contributed by atoms with Gasteiger partial charge in [0.1, 0.15) is 0 Å². The van der Waals surface area contributed by atoms with E-state index in [0.29, 0.717) is 0 Å². The zero-order valence-corrected chi connectivity index (χ0v) is 26.9. The summed E-state index contributed by atoms with van der Waals surface area (Å²) in [6.45, 7) is 0. The van der Waals surface area contributed by atoms with E-state index >= 15 is 0 Å². The largest absolute Gasteiger partial charge is 0.293 e. The van der Waals surface area contributed by atoms with Gasteiger partial charge in [-0.25, -0.2) is 0 Å². The standard InChI is InChI=1S/C46H28OS/c47-46-36-11-4-3-9-33(36)39-23-31(28-13-14-30-19-29-7-1-2-8-32(29)37(30)20-28)24-40-38-21-26(15-17-34(38)43(46)25-41(39)40)27-16-18-45-42(22-27)35-10-5-6-12-44(35)48-45/h1-18,20-24,43H,19,25H2. The number of fused-ring (bicyclic) bond motifs is 12. The predicted molar refractivity (Wildman–Crippen MR) is 200 cm³/mol. The molecule has 1 nitrogen and oxygen atoms in total. The number of carbonyl (C=O) groups excluding carboxylic acids is 1. The zero-order valence-electron chi connectivity index (χ0n) is 26.1. The highest BCUT2D eigenvalue weighted by molar-refractivity contribution is 7.25. The average molecular weight is 629 g/mol. The van der Waals surface area contributed by atoms with Gasteiger partial charge in [0.2, 0.25) is 0 Å². The lowest BCUT2D eigenvalue weighted by Gasteiger charge is -2.28. The van der Waals surface area contributed by atoms with E-state index in [0.717, 1.165) is 29.5 Å². The highest BCUT2D eigenvalue weighted by atomic mass is 32.1. The molecular formula is C46H28OS. The maximum Gasteiger partial charge on any atom is 0.171 e. The molecule has 0 aliphatic heterocycles. The minimum atomic E-state index is -0.186. The summed E-state index contributed by atoms with van der Waals surface area (Å²) in [5.74, 6) is 0.0397. The molecule has 0 fully saturated rings. The summed E-state index contributed by atoms with van der Waals surface area (Å²) in [4.78, 5) is 14.3. The van der Waals surface area contributed by atoms with Crippen molar-refractivity contribution in [2.75, 3.05) is 0 Å². The van der Waals surface area contributed by atoms with Gasteiger partial charge in [0.25, 0.3) is 0 Å². The molecule has 0 N–H and O–H groups in total. The summed E-state index contributed by atoms with van der Waals surface area (Å²) in [7, 11) is 0. The van der Waals surface area contributed by atoms with Crippen molar-refractivity contribution in [2.45, 2.75) is 18.8 Å². The van der Waals surface area contributed by atoms with Crippen molar-refractivity contribution in [3.05, 3.63) is 167 Å². The molecule has 1 atom stereocenters. The molecule has 7 aromatic carbocycles. The van der Waals surface area contributed by atoms with Crippen LogP contribution in [0.15, 0.2) is 140 Å². The first-order valence-corrected chi connectivity index (χ1v) is 17.6. The van der Waals surface area contributed by atoms with Crippen molar-refractivity contribution >= 4 is 37.3 Å². The Bertz CT molecular complexity index is 2710. The summed E-state index contributed by atoms with van der Waals surface area (Å²) in [5.41, 5.74) is 18.2. The van der Waals surface area contributed by atoms with Crippen LogP contribution in [0, 0.1) is 0 Å². The smallest absolute Gasteiger partial charge is 0.171 e. The normalized spacial score (nSPS) is 15.2. The summed E-state index contributed by atoms with van der Waals surface area (Å²) < 4.78 is 2.63. The Morgan fingerprint density at radius 2 is 1.08 bits per heavy atom. The molecule has 11 rings (SSSR count). The van der Waals surface area contributed by atoms with E-state index in [1.807, 2.05) is 23.5 Å². The van der Waals surface area contributed by atoms with Crippen LogP contribution in [0.25, 0.3) is 75.8 Å². The predicted octanol–water partition coefficient (Wildman–Crippen LogP) is 12.1. The molecule has 2 bridgehead atoms. The van der Waals surface area contributed by atoms with Crippen molar-refractivity contribution in [1.82, 2.24) is 0 Å². The molecular weight excluding hydrogens is 601 g/mol. The SMILES string of the molecule is O=C1c2ccccc2-c2cc(-c3ccc4c(c3)-c3ccccc3C4)cc3c2CC1c1ccc(-c2ccc4sc5ccccc5c4c2)cc1-3. The van der Waals surface area contributed by atoms with E-state index in [1.165, 1.54) is 86.9 Å². The van der Waals surface area contributed by atoms with Crippen molar-refractivity contribution in [1.29, 1.82) is 0 Å². The molecule has 0 saturated carbocycles. The lowest BCUT2D eigenvalue weighted by atomic mass is 9.75. The Labute approximate surface area is 282 Å². The van der Waals surface area contributed by atoms with Crippen LogP contribution in [-0.2, 0) is 12.8 Å². The number of hydrogen-bond acceptors (Lipinski definition) is 2. The number of ketones is 1. The van der Waals surface area contributed by atoms with Crippen LogP contribution in [0.5, 0.6) is 0 Å². The Kier molecular flexibility index (Phi) is 5.37. The van der Waals surface area contributed by atoms with Crippen LogP contribution < -0.4 is 0 Å². The van der Waals surface area contributed by atoms with Crippen molar-refractivity contribution in [2.24, 2.45) is 0 Å². The molecule has 1 aromatic heterocycles. The van der Waals surface area contributed by atoms with Gasteiger partial charge in [-0.05, 0) is 133 Å². The molecule has 8 aromatic rings. The van der Waals surface area contributed by atoms with Gasteiger partial charge >= 0.3 is 0 Å². The lowest BCUT2D eigenvalue weighted by molar-refractivity contribution is 0.0960. The summed E-state index contributed by atoms with van der Waals surface area (Å²) >= 11 is 1.85. The second-order valence-corrected chi connectivity index (χ2v) is 14.6.